The van der Waals surface area contributed by atoms with Gasteiger partial charge < -0.3 is 58.7 Å². The highest BCUT2D eigenvalue weighted by Gasteiger charge is 2.42. The number of urea groups is 1. The lowest BCUT2D eigenvalue weighted by Gasteiger charge is -2.35. The van der Waals surface area contributed by atoms with E-state index in [1.807, 2.05) is 64.0 Å². The number of thioether (sulfide) groups is 1. The van der Waals surface area contributed by atoms with Crippen LogP contribution < -0.4 is 16.0 Å². The highest BCUT2D eigenvalue weighted by Crippen LogP contribution is 2.33. The first-order valence-electron chi connectivity index (χ1n) is 25.9. The molecule has 2 aromatic carbocycles. The van der Waals surface area contributed by atoms with Crippen molar-refractivity contribution in [3.05, 3.63) is 101 Å². The van der Waals surface area contributed by atoms with E-state index in [1.165, 1.54) is 6.07 Å². The second-order valence-corrected chi connectivity index (χ2v) is 21.3. The maximum atomic E-state index is 15.2. The van der Waals surface area contributed by atoms with Crippen LogP contribution in [0.4, 0.5) is 9.18 Å². The van der Waals surface area contributed by atoms with Crippen molar-refractivity contribution in [2.45, 2.75) is 75.0 Å². The van der Waals surface area contributed by atoms with Crippen molar-refractivity contribution in [2.75, 3.05) is 124 Å². The summed E-state index contributed by atoms with van der Waals surface area (Å²) in [4.78, 5) is 56.1. The Balaban J connectivity index is 0.627. The van der Waals surface area contributed by atoms with Crippen LogP contribution in [0.2, 0.25) is 0 Å². The van der Waals surface area contributed by atoms with E-state index in [1.54, 1.807) is 22.4 Å². The number of nitrogens with zero attached hydrogens (tertiary/aromatic N) is 4. The molecule has 5 atom stereocenters. The summed E-state index contributed by atoms with van der Waals surface area (Å²) in [5.74, 6) is 0.709. The Kier molecular flexibility index (Phi) is 24.2. The zero-order chi connectivity index (χ0) is 51.7. The maximum Gasteiger partial charge on any atom is 0.315 e. The quantitative estimate of drug-likeness (QED) is 0.0579. The molecule has 0 aliphatic carbocycles. The van der Waals surface area contributed by atoms with Crippen LogP contribution in [0.5, 0.6) is 0 Å². The number of carbonyl (C=O) groups is 4. The number of fused-ring (bicyclic) bond motifs is 1. The van der Waals surface area contributed by atoms with Gasteiger partial charge in [0, 0.05) is 97.5 Å². The van der Waals surface area contributed by atoms with Crippen molar-refractivity contribution < 1.29 is 56.2 Å². The van der Waals surface area contributed by atoms with Gasteiger partial charge in [0.25, 0.3) is 0 Å². The molecule has 0 saturated carbocycles. The molecule has 3 fully saturated rings. The Labute approximate surface area is 441 Å². The first-order chi connectivity index (χ1) is 36.2. The number of hydrogen-bond acceptors (Lipinski definition) is 13. The maximum absolute atomic E-state index is 15.2. The Morgan fingerprint density at radius 3 is 2.04 bits per heavy atom. The summed E-state index contributed by atoms with van der Waals surface area (Å²) in [6, 6.07) is 16.8. The van der Waals surface area contributed by atoms with Gasteiger partial charge in [0.2, 0.25) is 17.7 Å². The summed E-state index contributed by atoms with van der Waals surface area (Å²) >= 11 is 1.89. The van der Waals surface area contributed by atoms with Crippen LogP contribution in [0.3, 0.4) is 0 Å². The summed E-state index contributed by atoms with van der Waals surface area (Å²) in [5.41, 5.74) is 3.05. The van der Waals surface area contributed by atoms with Gasteiger partial charge in [-0.2, -0.15) is 11.8 Å². The molecule has 0 spiro atoms. The summed E-state index contributed by atoms with van der Waals surface area (Å²) in [6.45, 7) is 9.46. The molecule has 74 heavy (non-hydrogen) atoms. The summed E-state index contributed by atoms with van der Waals surface area (Å²) in [6.07, 6.45) is 8.98. The monoisotopic (exact) mass is 1070 g/mol. The lowest BCUT2D eigenvalue weighted by molar-refractivity contribution is -0.134. The Hall–Kier alpha value is -4.71. The molecule has 21 heteroatoms. The largest absolute Gasteiger partial charge is 0.379 e. The molecule has 5 heterocycles. The molecule has 0 bridgehead atoms. The molecule has 4 aliphatic rings. The first kappa shape index (κ1) is 57.0. The van der Waals surface area contributed by atoms with Gasteiger partial charge in [0.1, 0.15) is 5.82 Å². The first-order valence-corrected chi connectivity index (χ1v) is 28.4. The number of hydrogen-bond donors (Lipinski definition) is 3. The lowest BCUT2D eigenvalue weighted by atomic mass is 10.0. The van der Waals surface area contributed by atoms with Gasteiger partial charge in [0.15, 0.2) is 0 Å². The van der Waals surface area contributed by atoms with E-state index in [9.17, 15) is 23.4 Å². The second kappa shape index (κ2) is 31.4. The normalized spacial score (nSPS) is 20.4. The van der Waals surface area contributed by atoms with Crippen molar-refractivity contribution in [1.29, 1.82) is 0 Å². The Morgan fingerprint density at radius 2 is 1.41 bits per heavy atom. The molecule has 406 valence electrons. The van der Waals surface area contributed by atoms with Crippen molar-refractivity contribution in [3.8, 4) is 5.69 Å². The minimum absolute atomic E-state index is 0.0308. The second-order valence-electron chi connectivity index (χ2n) is 18.6. The third-order valence-electron chi connectivity index (χ3n) is 13.3. The molecular weight excluding hydrogens is 994 g/mol. The number of carbonyl (C=O) groups excluding carboxylic acids is 4. The number of rotatable bonds is 34. The average Bonchev–Trinajstić information content (AvgIpc) is 4.24. The third kappa shape index (κ3) is 19.1. The molecule has 0 radical (unpaired) electrons. The topological polar surface area (TPSA) is 191 Å². The van der Waals surface area contributed by atoms with Gasteiger partial charge in [-0.15, -0.1) is 0 Å². The van der Waals surface area contributed by atoms with E-state index in [4.69, 9.17) is 28.4 Å². The number of halogens is 1. The predicted octanol–water partition coefficient (Wildman–Crippen LogP) is 3.81. The van der Waals surface area contributed by atoms with E-state index in [-0.39, 0.29) is 48.3 Å². The molecule has 5 amide bonds. The van der Waals surface area contributed by atoms with Gasteiger partial charge in [-0.3, -0.25) is 23.5 Å². The summed E-state index contributed by atoms with van der Waals surface area (Å²) in [7, 11) is -1.15. The molecule has 3 saturated heterocycles. The number of nitrogens with one attached hydrogen (secondary N) is 3. The zero-order valence-electron chi connectivity index (χ0n) is 42.4. The fourth-order valence-corrected chi connectivity index (χ4v) is 11.8. The summed E-state index contributed by atoms with van der Waals surface area (Å²) < 4.78 is 62.6. The van der Waals surface area contributed by atoms with E-state index < -0.39 is 16.6 Å². The van der Waals surface area contributed by atoms with Crippen molar-refractivity contribution in [1.82, 2.24) is 35.2 Å². The standard InChI is InChI=1S/C53H74FN7O11S2/c54-46-36-44(59-16-3-4-17-59)12-11-43(46)35-51(64)61(45-14-34-74(66)40-45)38-42-9-7-41(8-10-42)37-58-18-20-60(21-19-58)50(63)13-22-67-24-26-69-28-30-71-32-33-72-31-29-70-27-25-68-23-15-55-49(62)6-2-1-5-48-52-47(39-73-48)56-53(65)57-52/h3-4,7-12,14,16-17,34,36,45,47-48,52H,1-2,5-6,13,15,18-33,35,37-40H2,(H,55,62)(H2,56,57,65). The van der Waals surface area contributed by atoms with E-state index in [0.717, 1.165) is 55.8 Å². The van der Waals surface area contributed by atoms with Gasteiger partial charge in [-0.05, 0) is 53.8 Å². The van der Waals surface area contributed by atoms with Crippen LogP contribution in [-0.2, 0) is 73.1 Å². The van der Waals surface area contributed by atoms with Crippen molar-refractivity contribution >= 4 is 46.3 Å². The average molecular weight is 1070 g/mol. The molecule has 1 aromatic heterocycles. The van der Waals surface area contributed by atoms with Crippen LogP contribution in [0, 0.1) is 5.82 Å². The van der Waals surface area contributed by atoms with Crippen LogP contribution >= 0.6 is 11.8 Å². The van der Waals surface area contributed by atoms with E-state index >= 15 is 4.39 Å². The fraction of sp³-hybridized carbons (Fsp3) is 0.585. The van der Waals surface area contributed by atoms with Crippen molar-refractivity contribution in [2.24, 2.45) is 0 Å². The molecule has 3 N–H and O–H groups in total. The molecular formula is C53H74FN7O11S2. The van der Waals surface area contributed by atoms with Crippen LogP contribution in [0.1, 0.15) is 48.8 Å². The van der Waals surface area contributed by atoms with Gasteiger partial charge >= 0.3 is 6.03 Å². The highest BCUT2D eigenvalue weighted by molar-refractivity contribution is 8.00. The predicted molar refractivity (Wildman–Crippen MR) is 281 cm³/mol. The SMILES string of the molecule is O=C(CCCCC1SCC2NC(=O)NC21)NCCOCCOCCOCCOCCOCCOCCC(=O)N1CCN(Cc2ccc(CN(C(=O)Cc3ccc(-n4cccc4)cc3F)C3C=CS(=O)C3)cc2)CC1. The van der Waals surface area contributed by atoms with E-state index in [0.29, 0.717) is 141 Å². The van der Waals surface area contributed by atoms with Crippen LogP contribution in [0.15, 0.2) is 78.5 Å². The molecule has 18 nitrogen and oxygen atoms in total. The lowest BCUT2D eigenvalue weighted by Crippen LogP contribution is -2.48. The molecule has 7 rings (SSSR count). The zero-order valence-corrected chi connectivity index (χ0v) is 44.0. The number of ether oxygens (including phenoxy) is 6. The Bertz CT molecular complexity index is 2250. The number of benzene rings is 2. The van der Waals surface area contributed by atoms with Crippen molar-refractivity contribution in [3.63, 3.8) is 0 Å². The molecule has 4 aliphatic heterocycles. The van der Waals surface area contributed by atoms with Gasteiger partial charge in [0.05, 0.1) is 116 Å². The van der Waals surface area contributed by atoms with Gasteiger partial charge in [-0.25, -0.2) is 9.18 Å². The van der Waals surface area contributed by atoms with Crippen LogP contribution in [-0.4, -0.2) is 194 Å². The molecule has 3 aromatic rings. The van der Waals surface area contributed by atoms with E-state index in [2.05, 4.69) is 33.0 Å². The summed E-state index contributed by atoms with van der Waals surface area (Å²) in [5, 5.41) is 10.9. The number of aromatic nitrogens is 1. The minimum atomic E-state index is -1.15. The fourth-order valence-electron chi connectivity index (χ4n) is 9.16. The number of unbranched alkanes of at least 4 members (excludes halogenated alkanes) is 1. The highest BCUT2D eigenvalue weighted by atomic mass is 32.2. The molecule has 5 unspecified atom stereocenters. The van der Waals surface area contributed by atoms with Gasteiger partial charge in [-0.1, -0.05) is 42.8 Å². The smallest absolute Gasteiger partial charge is 0.315 e. The van der Waals surface area contributed by atoms with Crippen LogP contribution in [0.25, 0.3) is 5.69 Å². The number of piperazine rings is 1. The number of amides is 5. The third-order valence-corrected chi connectivity index (χ3v) is 15.9. The Morgan fingerprint density at radius 1 is 0.770 bits per heavy atom. The minimum Gasteiger partial charge on any atom is -0.379 e.